The number of ketones is 1. The SMILES string of the molecule is CN(C)c1ccc([C@H]2C[C@]3(C)[C@@H](O)CC[C@H]3[C@@H]3CCC4=CC(=O)CC[C@@]45C[C@@]235)cc1. The highest BCUT2D eigenvalue weighted by Gasteiger charge is 2.80. The Kier molecular flexibility index (Phi) is 3.82. The molecule has 0 unspecified atom stereocenters. The van der Waals surface area contributed by atoms with Crippen LogP contribution in [-0.2, 0) is 4.79 Å². The third-order valence-electron chi connectivity index (χ3n) is 10.4. The average Bonchev–Trinajstić information content (AvgIpc) is 3.32. The number of aliphatic hydroxyl groups excluding tert-OH is 1. The number of carbonyl (C=O) groups is 1. The van der Waals surface area contributed by atoms with Gasteiger partial charge in [0.1, 0.15) is 0 Å². The molecule has 160 valence electrons. The van der Waals surface area contributed by atoms with E-state index >= 15 is 0 Å². The van der Waals surface area contributed by atoms with Crippen molar-refractivity contribution in [1.82, 2.24) is 0 Å². The summed E-state index contributed by atoms with van der Waals surface area (Å²) in [5.41, 5.74) is 4.80. The molecule has 30 heavy (non-hydrogen) atoms. The van der Waals surface area contributed by atoms with E-state index in [4.69, 9.17) is 0 Å². The Morgan fingerprint density at radius 1 is 1.03 bits per heavy atom. The van der Waals surface area contributed by atoms with Gasteiger partial charge in [0.15, 0.2) is 5.78 Å². The summed E-state index contributed by atoms with van der Waals surface area (Å²) in [6, 6.07) is 9.24. The number of nitrogens with zero attached hydrogens (tertiary/aromatic N) is 1. The van der Waals surface area contributed by atoms with E-state index in [-0.39, 0.29) is 16.9 Å². The van der Waals surface area contributed by atoms with Gasteiger partial charge in [-0.1, -0.05) is 24.6 Å². The number of anilines is 1. The Morgan fingerprint density at radius 3 is 2.53 bits per heavy atom. The monoisotopic (exact) mass is 405 g/mol. The Hall–Kier alpha value is -1.61. The highest BCUT2D eigenvalue weighted by atomic mass is 16.3. The van der Waals surface area contributed by atoms with Crippen LogP contribution in [-0.4, -0.2) is 31.1 Å². The predicted octanol–water partition coefficient (Wildman–Crippen LogP) is 5.09. The number of hydrogen-bond acceptors (Lipinski definition) is 3. The molecule has 2 spiro atoms. The maximum absolute atomic E-state index is 12.3. The zero-order chi connectivity index (χ0) is 20.9. The first-order valence-corrected chi connectivity index (χ1v) is 12.0. The van der Waals surface area contributed by atoms with Crippen LogP contribution in [0.25, 0.3) is 0 Å². The summed E-state index contributed by atoms with van der Waals surface area (Å²) >= 11 is 0. The lowest BCUT2D eigenvalue weighted by molar-refractivity contribution is -0.116. The highest BCUT2D eigenvalue weighted by molar-refractivity contribution is 5.92. The van der Waals surface area contributed by atoms with E-state index in [1.165, 1.54) is 36.1 Å². The third-order valence-corrected chi connectivity index (χ3v) is 10.4. The lowest BCUT2D eigenvalue weighted by Crippen LogP contribution is -2.51. The van der Waals surface area contributed by atoms with Gasteiger partial charge in [-0.3, -0.25) is 4.79 Å². The summed E-state index contributed by atoms with van der Waals surface area (Å²) in [6.45, 7) is 2.38. The quantitative estimate of drug-likeness (QED) is 0.745. The number of benzene rings is 1. The first-order valence-electron chi connectivity index (χ1n) is 12.0. The molecule has 0 heterocycles. The van der Waals surface area contributed by atoms with Gasteiger partial charge in [0.05, 0.1) is 6.10 Å². The molecule has 4 saturated carbocycles. The molecule has 3 heteroatoms. The molecular weight excluding hydrogens is 370 g/mol. The van der Waals surface area contributed by atoms with Crippen LogP contribution < -0.4 is 4.90 Å². The van der Waals surface area contributed by atoms with Gasteiger partial charge in [-0.05, 0) is 103 Å². The van der Waals surface area contributed by atoms with E-state index in [2.05, 4.69) is 50.2 Å². The van der Waals surface area contributed by atoms with Crippen LogP contribution in [0.2, 0.25) is 0 Å². The normalized spacial score (nSPS) is 46.3. The molecule has 4 fully saturated rings. The molecule has 0 aliphatic heterocycles. The van der Waals surface area contributed by atoms with Crippen LogP contribution in [0, 0.1) is 28.1 Å². The molecule has 6 rings (SSSR count). The second kappa shape index (κ2) is 6.00. The van der Waals surface area contributed by atoms with Gasteiger partial charge in [-0.15, -0.1) is 0 Å². The van der Waals surface area contributed by atoms with E-state index in [0.717, 1.165) is 32.1 Å². The standard InChI is InChI=1S/C27H35NO2/c1-25-15-23(17-4-7-19(8-5-17)28(2)3)27-16-26(27)13-12-20(29)14-18(26)6-9-22(27)21(25)10-11-24(25)30/h4-5,7-8,14,21-24,30H,6,9-13,15-16H2,1-3H3/t21-,22-,23+,24-,25-,26+,27-/m0/s1. The van der Waals surface area contributed by atoms with Crippen molar-refractivity contribution < 1.29 is 9.90 Å². The Morgan fingerprint density at radius 2 is 1.80 bits per heavy atom. The molecule has 0 bridgehead atoms. The van der Waals surface area contributed by atoms with E-state index in [1.54, 1.807) is 0 Å². The van der Waals surface area contributed by atoms with Gasteiger partial charge in [0.25, 0.3) is 0 Å². The van der Waals surface area contributed by atoms with Crippen molar-refractivity contribution in [1.29, 1.82) is 0 Å². The van der Waals surface area contributed by atoms with Gasteiger partial charge in [0, 0.05) is 26.2 Å². The molecule has 0 aromatic heterocycles. The number of aliphatic hydroxyl groups is 1. The second-order valence-corrected chi connectivity index (χ2v) is 11.5. The summed E-state index contributed by atoms with van der Waals surface area (Å²) in [7, 11) is 4.19. The fourth-order valence-corrected chi connectivity index (χ4v) is 8.97. The van der Waals surface area contributed by atoms with E-state index in [9.17, 15) is 9.90 Å². The average molecular weight is 406 g/mol. The third kappa shape index (κ3) is 2.18. The number of rotatable bonds is 2. The van der Waals surface area contributed by atoms with E-state index < -0.39 is 0 Å². The first kappa shape index (κ1) is 19.1. The van der Waals surface area contributed by atoms with Gasteiger partial charge in [-0.25, -0.2) is 0 Å². The first-order chi connectivity index (χ1) is 14.3. The lowest BCUT2D eigenvalue weighted by Gasteiger charge is -2.57. The zero-order valence-electron chi connectivity index (χ0n) is 18.7. The minimum Gasteiger partial charge on any atom is -0.393 e. The molecule has 5 aliphatic rings. The topological polar surface area (TPSA) is 40.5 Å². The smallest absolute Gasteiger partial charge is 0.155 e. The Labute approximate surface area is 180 Å². The van der Waals surface area contributed by atoms with Crippen molar-refractivity contribution in [3.63, 3.8) is 0 Å². The summed E-state index contributed by atoms with van der Waals surface area (Å²) in [5, 5.41) is 11.1. The van der Waals surface area contributed by atoms with Gasteiger partial charge >= 0.3 is 0 Å². The molecule has 3 nitrogen and oxygen atoms in total. The van der Waals surface area contributed by atoms with Crippen LogP contribution in [0.3, 0.4) is 0 Å². The predicted molar refractivity (Wildman–Crippen MR) is 119 cm³/mol. The fraction of sp³-hybridized carbons (Fsp3) is 0.667. The van der Waals surface area contributed by atoms with Crippen molar-refractivity contribution in [3.05, 3.63) is 41.5 Å². The van der Waals surface area contributed by atoms with Crippen LogP contribution in [0.1, 0.15) is 69.8 Å². The van der Waals surface area contributed by atoms with Crippen LogP contribution >= 0.6 is 0 Å². The molecule has 1 N–H and O–H groups in total. The number of hydrogen-bond donors (Lipinski definition) is 1. The van der Waals surface area contributed by atoms with Crippen molar-refractivity contribution in [3.8, 4) is 0 Å². The maximum atomic E-state index is 12.3. The maximum Gasteiger partial charge on any atom is 0.155 e. The molecular formula is C27H35NO2. The van der Waals surface area contributed by atoms with Crippen LogP contribution in [0.5, 0.6) is 0 Å². The lowest BCUT2D eigenvalue weighted by atomic mass is 9.47. The van der Waals surface area contributed by atoms with Crippen molar-refractivity contribution in [2.24, 2.45) is 28.1 Å². The van der Waals surface area contributed by atoms with E-state index in [0.29, 0.717) is 29.0 Å². The molecule has 0 saturated heterocycles. The van der Waals surface area contributed by atoms with Crippen LogP contribution in [0.15, 0.2) is 35.9 Å². The Balaban J connectivity index is 1.48. The minimum absolute atomic E-state index is 0.0380. The largest absolute Gasteiger partial charge is 0.393 e. The summed E-state index contributed by atoms with van der Waals surface area (Å²) in [6.07, 6.45) is 10.5. The summed E-state index contributed by atoms with van der Waals surface area (Å²) < 4.78 is 0. The van der Waals surface area contributed by atoms with Gasteiger partial charge in [0.2, 0.25) is 0 Å². The van der Waals surface area contributed by atoms with Crippen molar-refractivity contribution in [2.75, 3.05) is 19.0 Å². The summed E-state index contributed by atoms with van der Waals surface area (Å²) in [4.78, 5) is 14.4. The number of carbonyl (C=O) groups excluding carboxylic acids is 1. The molecule has 1 aromatic carbocycles. The minimum atomic E-state index is -0.164. The molecule has 5 aliphatic carbocycles. The van der Waals surface area contributed by atoms with Gasteiger partial charge in [-0.2, -0.15) is 0 Å². The second-order valence-electron chi connectivity index (χ2n) is 11.5. The fourth-order valence-electron chi connectivity index (χ4n) is 8.97. The zero-order valence-corrected chi connectivity index (χ0v) is 18.7. The molecule has 1 aromatic rings. The number of allylic oxidation sites excluding steroid dienone is 1. The van der Waals surface area contributed by atoms with Crippen molar-refractivity contribution in [2.45, 2.75) is 70.3 Å². The van der Waals surface area contributed by atoms with E-state index in [1.807, 2.05) is 6.08 Å². The van der Waals surface area contributed by atoms with Crippen molar-refractivity contribution >= 4 is 11.5 Å². The molecule has 0 radical (unpaired) electrons. The van der Waals surface area contributed by atoms with Crippen LogP contribution in [0.4, 0.5) is 5.69 Å². The molecule has 0 amide bonds. The Bertz CT molecular complexity index is 933. The number of fused-ring (bicyclic) bond motifs is 2. The van der Waals surface area contributed by atoms with Gasteiger partial charge < -0.3 is 10.0 Å². The molecule has 7 atom stereocenters. The highest BCUT2D eigenvalue weighted by Crippen LogP contribution is 2.87. The summed E-state index contributed by atoms with van der Waals surface area (Å²) in [5.74, 6) is 2.17.